The molecule has 0 amide bonds. The second-order valence-corrected chi connectivity index (χ2v) is 4.19. The minimum absolute atomic E-state index is 0.159. The molecule has 0 unspecified atom stereocenters. The molecule has 6 nitrogen and oxygen atoms in total. The summed E-state index contributed by atoms with van der Waals surface area (Å²) in [5, 5.41) is 20.0. The Hall–Kier alpha value is -2.89. The average Bonchev–Trinajstić information content (AvgIpc) is 3.01. The summed E-state index contributed by atoms with van der Waals surface area (Å²) in [4.78, 5) is 4.11. The van der Waals surface area contributed by atoms with E-state index in [1.807, 2.05) is 24.3 Å². The molecule has 3 aromatic rings. The molecule has 20 heavy (non-hydrogen) atoms. The number of benzene rings is 1. The average molecular weight is 268 g/mol. The van der Waals surface area contributed by atoms with Gasteiger partial charge in [0.05, 0.1) is 18.4 Å². The monoisotopic (exact) mass is 268 g/mol. The Kier molecular flexibility index (Phi) is 3.28. The maximum atomic E-state index is 9.18. The zero-order valence-electron chi connectivity index (χ0n) is 10.5. The molecule has 2 heterocycles. The van der Waals surface area contributed by atoms with Gasteiger partial charge in [-0.25, -0.2) is 0 Å². The van der Waals surface area contributed by atoms with Gasteiger partial charge in [0, 0.05) is 11.3 Å². The summed E-state index contributed by atoms with van der Waals surface area (Å²) in [6.07, 6.45) is 2.72. The Labute approximate surface area is 115 Å². The summed E-state index contributed by atoms with van der Waals surface area (Å²) in [6.45, 7) is 0.563. The first kappa shape index (κ1) is 12.2. The first-order valence-electron chi connectivity index (χ1n) is 6.05. The van der Waals surface area contributed by atoms with Crippen LogP contribution in [0.4, 0.5) is 5.69 Å². The maximum Gasteiger partial charge on any atom is 0.247 e. The van der Waals surface area contributed by atoms with E-state index in [-0.39, 0.29) is 5.75 Å². The first-order valence-corrected chi connectivity index (χ1v) is 6.05. The summed E-state index contributed by atoms with van der Waals surface area (Å²) < 4.78 is 5.16. The molecule has 6 heteroatoms. The minimum Gasteiger partial charge on any atom is -0.506 e. The number of pyridine rings is 1. The maximum absolute atomic E-state index is 9.18. The van der Waals surface area contributed by atoms with Gasteiger partial charge in [-0.3, -0.25) is 4.98 Å². The van der Waals surface area contributed by atoms with Crippen LogP contribution < -0.4 is 5.32 Å². The van der Waals surface area contributed by atoms with Crippen LogP contribution >= 0.6 is 0 Å². The molecule has 1 aromatic carbocycles. The third-order valence-corrected chi connectivity index (χ3v) is 2.75. The SMILES string of the molecule is Oc1ccc(CNc2cccc(-c3nnco3)c2)nc1. The summed E-state index contributed by atoms with van der Waals surface area (Å²) in [5.41, 5.74) is 2.62. The molecule has 0 saturated heterocycles. The van der Waals surface area contributed by atoms with Gasteiger partial charge in [0.2, 0.25) is 12.3 Å². The molecule has 0 aliphatic rings. The number of nitrogens with zero attached hydrogens (tertiary/aromatic N) is 3. The Balaban J connectivity index is 1.72. The third-order valence-electron chi connectivity index (χ3n) is 2.75. The highest BCUT2D eigenvalue weighted by Gasteiger charge is 2.04. The summed E-state index contributed by atoms with van der Waals surface area (Å²) in [5.74, 6) is 0.642. The fraction of sp³-hybridized carbons (Fsp3) is 0.0714. The van der Waals surface area contributed by atoms with Crippen LogP contribution in [0.3, 0.4) is 0 Å². The number of anilines is 1. The summed E-state index contributed by atoms with van der Waals surface area (Å²) in [7, 11) is 0. The molecule has 3 rings (SSSR count). The molecule has 100 valence electrons. The van der Waals surface area contributed by atoms with Gasteiger partial charge in [-0.1, -0.05) is 6.07 Å². The molecule has 2 N–H and O–H groups in total. The Morgan fingerprint density at radius 1 is 1.20 bits per heavy atom. The van der Waals surface area contributed by atoms with E-state index >= 15 is 0 Å². The van der Waals surface area contributed by atoms with Crippen molar-refractivity contribution in [2.45, 2.75) is 6.54 Å². The lowest BCUT2D eigenvalue weighted by molar-refractivity contribution is 0.472. The van der Waals surface area contributed by atoms with Crippen molar-refractivity contribution in [3.05, 3.63) is 54.7 Å². The number of aromatic hydroxyl groups is 1. The van der Waals surface area contributed by atoms with E-state index in [0.717, 1.165) is 16.9 Å². The van der Waals surface area contributed by atoms with Crippen molar-refractivity contribution < 1.29 is 9.52 Å². The molecule has 0 spiro atoms. The lowest BCUT2D eigenvalue weighted by Gasteiger charge is -2.06. The molecule has 0 aliphatic carbocycles. The van der Waals surface area contributed by atoms with Gasteiger partial charge in [-0.05, 0) is 30.3 Å². The second kappa shape index (κ2) is 5.40. The fourth-order valence-electron chi connectivity index (χ4n) is 1.77. The van der Waals surface area contributed by atoms with E-state index in [9.17, 15) is 5.11 Å². The van der Waals surface area contributed by atoms with E-state index in [4.69, 9.17) is 4.42 Å². The van der Waals surface area contributed by atoms with E-state index in [2.05, 4.69) is 20.5 Å². The quantitative estimate of drug-likeness (QED) is 0.756. The smallest absolute Gasteiger partial charge is 0.247 e. The van der Waals surface area contributed by atoms with Gasteiger partial charge in [-0.2, -0.15) is 0 Å². The highest BCUT2D eigenvalue weighted by molar-refractivity contribution is 5.60. The van der Waals surface area contributed by atoms with Crippen LogP contribution in [0.5, 0.6) is 5.75 Å². The Bertz CT molecular complexity index is 681. The molecular weight excluding hydrogens is 256 g/mol. The number of hydrogen-bond donors (Lipinski definition) is 2. The van der Waals surface area contributed by atoms with E-state index in [1.165, 1.54) is 12.6 Å². The van der Waals surface area contributed by atoms with Crippen molar-refractivity contribution in [1.82, 2.24) is 15.2 Å². The van der Waals surface area contributed by atoms with Crippen LogP contribution in [-0.4, -0.2) is 20.3 Å². The molecule has 0 aliphatic heterocycles. The predicted molar refractivity (Wildman–Crippen MR) is 73.0 cm³/mol. The topological polar surface area (TPSA) is 84.1 Å². The number of nitrogens with one attached hydrogen (secondary N) is 1. The number of hydrogen-bond acceptors (Lipinski definition) is 6. The summed E-state index contributed by atoms with van der Waals surface area (Å²) in [6, 6.07) is 11.1. The van der Waals surface area contributed by atoms with Gasteiger partial charge >= 0.3 is 0 Å². The van der Waals surface area contributed by atoms with Crippen LogP contribution in [-0.2, 0) is 6.54 Å². The molecule has 0 saturated carbocycles. The molecule has 0 bridgehead atoms. The van der Waals surface area contributed by atoms with Gasteiger partial charge in [-0.15, -0.1) is 10.2 Å². The minimum atomic E-state index is 0.159. The predicted octanol–water partition coefficient (Wildman–Crippen LogP) is 2.45. The second-order valence-electron chi connectivity index (χ2n) is 4.19. The molecule has 0 fully saturated rings. The molecule has 0 radical (unpaired) electrons. The van der Waals surface area contributed by atoms with Gasteiger partial charge in [0.1, 0.15) is 5.75 Å². The highest BCUT2D eigenvalue weighted by atomic mass is 16.4. The third kappa shape index (κ3) is 2.74. The highest BCUT2D eigenvalue weighted by Crippen LogP contribution is 2.20. The lowest BCUT2D eigenvalue weighted by Crippen LogP contribution is -2.01. The normalized spacial score (nSPS) is 10.4. The zero-order valence-corrected chi connectivity index (χ0v) is 10.5. The number of rotatable bonds is 4. The molecule has 2 aromatic heterocycles. The first-order chi connectivity index (χ1) is 9.81. The van der Waals surface area contributed by atoms with Gasteiger partial charge in [0.25, 0.3) is 0 Å². The van der Waals surface area contributed by atoms with E-state index < -0.39 is 0 Å². The summed E-state index contributed by atoms with van der Waals surface area (Å²) >= 11 is 0. The fourth-order valence-corrected chi connectivity index (χ4v) is 1.77. The number of aromatic nitrogens is 3. The van der Waals surface area contributed by atoms with Crippen LogP contribution in [0.25, 0.3) is 11.5 Å². The van der Waals surface area contributed by atoms with E-state index in [1.54, 1.807) is 12.1 Å². The standard InChI is InChI=1S/C14H12N4O2/c19-13-5-4-12(16-8-13)7-15-11-3-1-2-10(6-11)14-18-17-9-20-14/h1-6,8-9,15,19H,7H2. The van der Waals surface area contributed by atoms with Crippen LogP contribution in [0.1, 0.15) is 5.69 Å². The van der Waals surface area contributed by atoms with Crippen LogP contribution in [0.2, 0.25) is 0 Å². The van der Waals surface area contributed by atoms with Crippen molar-refractivity contribution >= 4 is 5.69 Å². The Morgan fingerprint density at radius 3 is 2.90 bits per heavy atom. The van der Waals surface area contributed by atoms with Crippen molar-refractivity contribution in [2.75, 3.05) is 5.32 Å². The zero-order chi connectivity index (χ0) is 13.8. The van der Waals surface area contributed by atoms with Crippen LogP contribution in [0, 0.1) is 0 Å². The van der Waals surface area contributed by atoms with Crippen molar-refractivity contribution in [2.24, 2.45) is 0 Å². The van der Waals surface area contributed by atoms with Crippen molar-refractivity contribution in [1.29, 1.82) is 0 Å². The Morgan fingerprint density at radius 2 is 2.15 bits per heavy atom. The molecule has 0 atom stereocenters. The van der Waals surface area contributed by atoms with Crippen molar-refractivity contribution in [3.8, 4) is 17.2 Å². The van der Waals surface area contributed by atoms with Gasteiger partial charge < -0.3 is 14.8 Å². The largest absolute Gasteiger partial charge is 0.506 e. The van der Waals surface area contributed by atoms with Crippen molar-refractivity contribution in [3.63, 3.8) is 0 Å². The van der Waals surface area contributed by atoms with Crippen LogP contribution in [0.15, 0.2) is 53.4 Å². The van der Waals surface area contributed by atoms with E-state index in [0.29, 0.717) is 12.4 Å². The lowest BCUT2D eigenvalue weighted by atomic mass is 10.2. The van der Waals surface area contributed by atoms with Gasteiger partial charge in [0.15, 0.2) is 0 Å². The molecular formula is C14H12N4O2.